The molecule has 0 radical (unpaired) electrons. The minimum atomic E-state index is -3.72. The van der Waals surface area contributed by atoms with E-state index < -0.39 is 10.0 Å². The van der Waals surface area contributed by atoms with E-state index in [4.69, 9.17) is 4.42 Å². The fourth-order valence-corrected chi connectivity index (χ4v) is 3.20. The third-order valence-electron chi connectivity index (χ3n) is 2.96. The van der Waals surface area contributed by atoms with Crippen molar-refractivity contribution in [3.8, 4) is 0 Å². The lowest BCUT2D eigenvalue weighted by Crippen LogP contribution is -2.13. The molecule has 114 valence electrons. The Morgan fingerprint density at radius 1 is 1.24 bits per heavy atom. The number of hydrogen-bond acceptors (Lipinski definition) is 4. The quantitative estimate of drug-likeness (QED) is 0.816. The zero-order valence-corrected chi connectivity index (χ0v) is 14.2. The maximum atomic E-state index is 12.3. The summed E-state index contributed by atoms with van der Waals surface area (Å²) >= 11 is 3.38. The highest BCUT2D eigenvalue weighted by atomic mass is 79.9. The molecule has 0 amide bonds. The average Bonchev–Trinajstić information content (AvgIpc) is 2.91. The first-order valence-electron chi connectivity index (χ1n) is 6.51. The zero-order chi connectivity index (χ0) is 15.5. The van der Waals surface area contributed by atoms with Crippen molar-refractivity contribution in [3.05, 3.63) is 46.1 Å². The lowest BCUT2D eigenvalue weighted by atomic mass is 10.2. The van der Waals surface area contributed by atoms with Crippen LogP contribution in [0.2, 0.25) is 0 Å². The number of rotatable bonds is 6. The summed E-state index contributed by atoms with van der Waals surface area (Å²) in [5, 5.41) is 2.99. The highest BCUT2D eigenvalue weighted by Crippen LogP contribution is 2.26. The summed E-state index contributed by atoms with van der Waals surface area (Å²) in [5.74, 6) is 0.586. The Morgan fingerprint density at radius 2 is 2.00 bits per heavy atom. The van der Waals surface area contributed by atoms with Crippen LogP contribution in [0.3, 0.4) is 0 Å². The van der Waals surface area contributed by atoms with Gasteiger partial charge in [-0.2, -0.15) is 8.42 Å². The summed E-state index contributed by atoms with van der Waals surface area (Å²) < 4.78 is 33.4. The third kappa shape index (κ3) is 3.87. The summed E-state index contributed by atoms with van der Waals surface area (Å²) in [7, 11) is -3.72. The summed E-state index contributed by atoms with van der Waals surface area (Å²) in [6.07, 6.45) is 0. The van der Waals surface area contributed by atoms with Gasteiger partial charge in [0.1, 0.15) is 5.76 Å². The van der Waals surface area contributed by atoms with E-state index >= 15 is 0 Å². The Hall–Kier alpha value is -1.31. The van der Waals surface area contributed by atoms with Gasteiger partial charge in [-0.15, -0.1) is 0 Å². The molecule has 2 rings (SSSR count). The number of furan rings is 1. The predicted octanol–water partition coefficient (Wildman–Crippen LogP) is 3.26. The van der Waals surface area contributed by atoms with Crippen molar-refractivity contribution in [3.63, 3.8) is 0 Å². The minimum absolute atomic E-state index is 0.0882. The summed E-state index contributed by atoms with van der Waals surface area (Å²) in [6, 6.07) is 8.45. The van der Waals surface area contributed by atoms with Gasteiger partial charge in [-0.05, 0) is 43.3 Å². The maximum absolute atomic E-state index is 12.3. The smallest absolute Gasteiger partial charge is 0.295 e. The molecule has 1 aromatic heterocycles. The van der Waals surface area contributed by atoms with E-state index in [1.54, 1.807) is 18.2 Å². The SMILES string of the molecule is CCNCc1ccc(S(=O)(=O)Nc2cccc(Br)c2C)o1. The van der Waals surface area contributed by atoms with Crippen LogP contribution < -0.4 is 10.0 Å². The number of anilines is 1. The second kappa shape index (κ2) is 6.64. The van der Waals surface area contributed by atoms with E-state index in [-0.39, 0.29) is 5.09 Å². The normalized spacial score (nSPS) is 11.6. The summed E-state index contributed by atoms with van der Waals surface area (Å²) in [4.78, 5) is 0. The number of halogens is 1. The van der Waals surface area contributed by atoms with E-state index in [9.17, 15) is 8.42 Å². The molecule has 1 aromatic carbocycles. The van der Waals surface area contributed by atoms with Gasteiger partial charge >= 0.3 is 0 Å². The van der Waals surface area contributed by atoms with Crippen LogP contribution in [0.15, 0.2) is 44.3 Å². The standard InChI is InChI=1S/C14H17BrN2O3S/c1-3-16-9-11-7-8-14(20-11)21(18,19)17-13-6-4-5-12(15)10(13)2/h4-8,16-17H,3,9H2,1-2H3. The van der Waals surface area contributed by atoms with Crippen molar-refractivity contribution in [2.75, 3.05) is 11.3 Å². The lowest BCUT2D eigenvalue weighted by molar-refractivity contribution is 0.405. The summed E-state index contributed by atoms with van der Waals surface area (Å²) in [6.45, 7) is 5.10. The lowest BCUT2D eigenvalue weighted by Gasteiger charge is -2.09. The van der Waals surface area contributed by atoms with E-state index in [0.29, 0.717) is 18.0 Å². The first kappa shape index (κ1) is 16.1. The van der Waals surface area contributed by atoms with Gasteiger partial charge in [0.05, 0.1) is 12.2 Å². The molecular formula is C14H17BrN2O3S. The molecule has 5 nitrogen and oxygen atoms in total. The predicted molar refractivity (Wildman–Crippen MR) is 85.8 cm³/mol. The zero-order valence-electron chi connectivity index (χ0n) is 11.8. The molecule has 2 N–H and O–H groups in total. The van der Waals surface area contributed by atoms with Gasteiger partial charge in [-0.25, -0.2) is 0 Å². The van der Waals surface area contributed by atoms with Crippen LogP contribution in [0.1, 0.15) is 18.2 Å². The van der Waals surface area contributed by atoms with Gasteiger partial charge in [0.15, 0.2) is 0 Å². The molecule has 0 saturated carbocycles. The van der Waals surface area contributed by atoms with Crippen molar-refractivity contribution < 1.29 is 12.8 Å². The molecule has 2 aromatic rings. The highest BCUT2D eigenvalue weighted by Gasteiger charge is 2.20. The number of nitrogens with one attached hydrogen (secondary N) is 2. The molecule has 0 aliphatic heterocycles. The number of sulfonamides is 1. The monoisotopic (exact) mass is 372 g/mol. The van der Waals surface area contributed by atoms with E-state index in [2.05, 4.69) is 26.0 Å². The molecule has 7 heteroatoms. The first-order chi connectivity index (χ1) is 9.94. The Bertz CT molecular complexity index is 726. The van der Waals surface area contributed by atoms with Gasteiger partial charge in [0.2, 0.25) is 5.09 Å². The average molecular weight is 373 g/mol. The Labute approximate surface area is 132 Å². The minimum Gasteiger partial charge on any atom is -0.446 e. The van der Waals surface area contributed by atoms with Gasteiger partial charge < -0.3 is 9.73 Å². The maximum Gasteiger partial charge on any atom is 0.295 e. The van der Waals surface area contributed by atoms with Crippen LogP contribution in [0, 0.1) is 6.92 Å². The molecule has 0 saturated heterocycles. The molecule has 0 unspecified atom stereocenters. The fraction of sp³-hybridized carbons (Fsp3) is 0.286. The van der Waals surface area contributed by atoms with Crippen LogP contribution in [0.5, 0.6) is 0 Å². The molecule has 0 atom stereocenters. The first-order valence-corrected chi connectivity index (χ1v) is 8.79. The Balaban J connectivity index is 2.22. The third-order valence-corrected chi connectivity index (χ3v) is 5.06. The van der Waals surface area contributed by atoms with Crippen LogP contribution in [-0.2, 0) is 16.6 Å². The Kier molecular flexibility index (Phi) is 5.08. The summed E-state index contributed by atoms with van der Waals surface area (Å²) in [5.41, 5.74) is 1.34. The van der Waals surface area contributed by atoms with Crippen molar-refractivity contribution in [2.24, 2.45) is 0 Å². The van der Waals surface area contributed by atoms with Crippen molar-refractivity contribution >= 4 is 31.6 Å². The van der Waals surface area contributed by atoms with Gasteiger partial charge in [-0.3, -0.25) is 4.72 Å². The van der Waals surface area contributed by atoms with Crippen LogP contribution in [0.4, 0.5) is 5.69 Å². The van der Waals surface area contributed by atoms with Crippen molar-refractivity contribution in [1.82, 2.24) is 5.32 Å². The second-order valence-corrected chi connectivity index (χ2v) is 6.99. The van der Waals surface area contributed by atoms with Crippen LogP contribution >= 0.6 is 15.9 Å². The van der Waals surface area contributed by atoms with Crippen molar-refractivity contribution in [1.29, 1.82) is 0 Å². The van der Waals surface area contributed by atoms with E-state index in [0.717, 1.165) is 16.6 Å². The largest absolute Gasteiger partial charge is 0.446 e. The molecule has 0 fully saturated rings. The molecule has 0 bridgehead atoms. The number of hydrogen-bond donors (Lipinski definition) is 2. The number of benzene rings is 1. The van der Waals surface area contributed by atoms with Crippen molar-refractivity contribution in [2.45, 2.75) is 25.5 Å². The van der Waals surface area contributed by atoms with E-state index in [1.807, 2.05) is 19.9 Å². The van der Waals surface area contributed by atoms with E-state index in [1.165, 1.54) is 6.07 Å². The molecule has 0 aliphatic rings. The molecular weight excluding hydrogens is 356 g/mol. The fourth-order valence-electron chi connectivity index (χ4n) is 1.76. The molecule has 21 heavy (non-hydrogen) atoms. The molecule has 0 spiro atoms. The van der Waals surface area contributed by atoms with Gasteiger partial charge in [0, 0.05) is 4.47 Å². The van der Waals surface area contributed by atoms with Crippen LogP contribution in [0.25, 0.3) is 0 Å². The van der Waals surface area contributed by atoms with Gasteiger partial charge in [-0.1, -0.05) is 28.9 Å². The van der Waals surface area contributed by atoms with Gasteiger partial charge in [0.25, 0.3) is 10.0 Å². The molecule has 0 aliphatic carbocycles. The Morgan fingerprint density at radius 3 is 2.71 bits per heavy atom. The van der Waals surface area contributed by atoms with Crippen LogP contribution in [-0.4, -0.2) is 15.0 Å². The topological polar surface area (TPSA) is 71.3 Å². The highest BCUT2D eigenvalue weighted by molar-refractivity contribution is 9.10. The molecule has 1 heterocycles. The second-order valence-electron chi connectivity index (χ2n) is 4.52.